The smallest absolute Gasteiger partial charge is 0.346 e. The zero-order valence-electron chi connectivity index (χ0n) is 11.0. The van der Waals surface area contributed by atoms with Gasteiger partial charge in [-0.2, -0.15) is 0 Å². The van der Waals surface area contributed by atoms with Gasteiger partial charge in [0.15, 0.2) is 11.3 Å². The Balaban J connectivity index is 2.83. The van der Waals surface area contributed by atoms with Crippen LogP contribution in [0, 0.1) is 0 Å². The fraction of sp³-hybridized carbons (Fsp3) is 0.286. The van der Waals surface area contributed by atoms with Crippen LogP contribution in [0.1, 0.15) is 31.9 Å². The van der Waals surface area contributed by atoms with Gasteiger partial charge in [0.2, 0.25) is 0 Å². The minimum absolute atomic E-state index is 0.0173. The highest BCUT2D eigenvalue weighted by atomic mass is 32.1. The normalized spacial score (nSPS) is 11.7. The quantitative estimate of drug-likeness (QED) is 0.618. The summed E-state index contributed by atoms with van der Waals surface area (Å²) in [6.45, 7) is 6.09. The number of thiocarbonyl (C=S) groups is 1. The highest BCUT2D eigenvalue weighted by molar-refractivity contribution is 7.80. The molecule has 2 aromatic rings. The van der Waals surface area contributed by atoms with Gasteiger partial charge in [-0.15, -0.1) is 0 Å². The zero-order chi connectivity index (χ0) is 14.4. The highest BCUT2D eigenvalue weighted by Crippen LogP contribution is 2.32. The summed E-state index contributed by atoms with van der Waals surface area (Å²) in [7, 11) is 0. The van der Waals surface area contributed by atoms with Crippen LogP contribution in [0.5, 0.6) is 5.75 Å². The van der Waals surface area contributed by atoms with Gasteiger partial charge >= 0.3 is 5.63 Å². The van der Waals surface area contributed by atoms with E-state index < -0.39 is 5.63 Å². The van der Waals surface area contributed by atoms with E-state index in [-0.39, 0.29) is 27.3 Å². The molecule has 1 aromatic carbocycles. The van der Waals surface area contributed by atoms with E-state index in [0.29, 0.717) is 5.39 Å². The van der Waals surface area contributed by atoms with Crippen molar-refractivity contribution in [2.75, 3.05) is 0 Å². The second-order valence-corrected chi connectivity index (χ2v) is 5.92. The number of nitrogens with two attached hydrogens (primary N) is 1. The molecule has 0 atom stereocenters. The number of aromatic hydroxyl groups is 1. The lowest BCUT2D eigenvalue weighted by atomic mass is 9.86. The molecule has 100 valence electrons. The van der Waals surface area contributed by atoms with Gasteiger partial charge in [0.05, 0.1) is 5.56 Å². The number of rotatable bonds is 1. The summed E-state index contributed by atoms with van der Waals surface area (Å²) in [6.07, 6.45) is 0. The molecule has 5 heteroatoms. The molecule has 0 amide bonds. The molecule has 1 aromatic heterocycles. The summed E-state index contributed by atoms with van der Waals surface area (Å²) in [5.74, 6) is -0.0611. The summed E-state index contributed by atoms with van der Waals surface area (Å²) in [6, 6.07) is 5.02. The number of hydrogen-bond donors (Lipinski definition) is 2. The van der Waals surface area contributed by atoms with Crippen molar-refractivity contribution in [2.24, 2.45) is 5.73 Å². The van der Waals surface area contributed by atoms with Crippen LogP contribution < -0.4 is 11.4 Å². The summed E-state index contributed by atoms with van der Waals surface area (Å²) in [5, 5.41) is 10.6. The molecule has 0 saturated heterocycles. The third-order valence-electron chi connectivity index (χ3n) is 2.94. The zero-order valence-corrected chi connectivity index (χ0v) is 11.8. The van der Waals surface area contributed by atoms with Crippen LogP contribution >= 0.6 is 12.2 Å². The van der Waals surface area contributed by atoms with E-state index in [1.165, 1.54) is 0 Å². The number of hydrogen-bond acceptors (Lipinski definition) is 4. The molecular weight excluding hydrogens is 262 g/mol. The van der Waals surface area contributed by atoms with Gasteiger partial charge in [-0.3, -0.25) is 0 Å². The minimum Gasteiger partial charge on any atom is -0.504 e. The lowest BCUT2D eigenvalue weighted by molar-refractivity contribution is 0.453. The van der Waals surface area contributed by atoms with E-state index in [0.717, 1.165) is 5.56 Å². The molecule has 0 fully saturated rings. The first-order valence-corrected chi connectivity index (χ1v) is 6.22. The Bertz CT molecular complexity index is 726. The van der Waals surface area contributed by atoms with Gasteiger partial charge in [0.25, 0.3) is 0 Å². The fourth-order valence-corrected chi connectivity index (χ4v) is 1.96. The second-order valence-electron chi connectivity index (χ2n) is 5.48. The molecule has 0 aliphatic heterocycles. The van der Waals surface area contributed by atoms with E-state index in [1.54, 1.807) is 12.1 Å². The van der Waals surface area contributed by atoms with Crippen LogP contribution in [0.25, 0.3) is 11.0 Å². The highest BCUT2D eigenvalue weighted by Gasteiger charge is 2.18. The van der Waals surface area contributed by atoms with Crippen LogP contribution in [0.4, 0.5) is 0 Å². The van der Waals surface area contributed by atoms with Crippen LogP contribution in [-0.2, 0) is 5.41 Å². The Morgan fingerprint density at radius 3 is 2.47 bits per heavy atom. The third kappa shape index (κ3) is 2.46. The molecule has 0 saturated carbocycles. The number of fused-ring (bicyclic) bond motifs is 1. The van der Waals surface area contributed by atoms with Crippen molar-refractivity contribution >= 4 is 28.2 Å². The van der Waals surface area contributed by atoms with Crippen molar-refractivity contribution in [1.82, 2.24) is 0 Å². The SMILES string of the molecule is CC(C)(C)c1cc(O)c2oc(=O)c(C(N)=S)cc2c1. The number of phenolic OH excluding ortho intramolecular Hbond substituents is 1. The van der Waals surface area contributed by atoms with Gasteiger partial charge in [-0.1, -0.05) is 33.0 Å². The van der Waals surface area contributed by atoms with Gasteiger partial charge in [0.1, 0.15) is 4.99 Å². The summed E-state index contributed by atoms with van der Waals surface area (Å²) >= 11 is 4.81. The maximum Gasteiger partial charge on any atom is 0.346 e. The van der Waals surface area contributed by atoms with Crippen molar-refractivity contribution < 1.29 is 9.52 Å². The molecule has 0 spiro atoms. The van der Waals surface area contributed by atoms with Crippen LogP contribution in [0.3, 0.4) is 0 Å². The van der Waals surface area contributed by atoms with E-state index in [2.05, 4.69) is 0 Å². The average molecular weight is 277 g/mol. The first-order valence-electron chi connectivity index (χ1n) is 5.81. The molecule has 0 aliphatic rings. The van der Waals surface area contributed by atoms with Crippen molar-refractivity contribution in [2.45, 2.75) is 26.2 Å². The van der Waals surface area contributed by atoms with E-state index in [4.69, 9.17) is 22.4 Å². The number of benzene rings is 1. The molecular formula is C14H15NO3S. The van der Waals surface area contributed by atoms with Gasteiger partial charge in [0, 0.05) is 5.39 Å². The van der Waals surface area contributed by atoms with Crippen molar-refractivity contribution in [3.05, 3.63) is 39.7 Å². The van der Waals surface area contributed by atoms with E-state index in [9.17, 15) is 9.90 Å². The molecule has 0 bridgehead atoms. The maximum absolute atomic E-state index is 11.7. The Kier molecular flexibility index (Phi) is 3.10. The van der Waals surface area contributed by atoms with E-state index in [1.807, 2.05) is 26.8 Å². The van der Waals surface area contributed by atoms with Gasteiger partial charge in [-0.25, -0.2) is 4.79 Å². The first kappa shape index (κ1) is 13.5. The standard InChI is InChI=1S/C14H15NO3S/c1-14(2,3)8-4-7-5-9(12(15)19)13(17)18-11(7)10(16)6-8/h4-6,16H,1-3H3,(H2,15,19). The molecule has 2 rings (SSSR count). The predicted molar refractivity (Wildman–Crippen MR) is 78.7 cm³/mol. The topological polar surface area (TPSA) is 76.5 Å². The van der Waals surface area contributed by atoms with Crippen LogP contribution in [0.2, 0.25) is 0 Å². The van der Waals surface area contributed by atoms with Crippen LogP contribution in [0.15, 0.2) is 27.4 Å². The largest absolute Gasteiger partial charge is 0.504 e. The monoisotopic (exact) mass is 277 g/mol. The molecule has 0 radical (unpaired) electrons. The molecule has 4 nitrogen and oxygen atoms in total. The fourth-order valence-electron chi connectivity index (χ4n) is 1.82. The minimum atomic E-state index is -0.640. The van der Waals surface area contributed by atoms with Crippen LogP contribution in [-0.4, -0.2) is 10.1 Å². The Morgan fingerprint density at radius 1 is 1.32 bits per heavy atom. The third-order valence-corrected chi connectivity index (χ3v) is 3.16. The number of phenols is 1. The van der Waals surface area contributed by atoms with Gasteiger partial charge < -0.3 is 15.3 Å². The lowest BCUT2D eigenvalue weighted by Crippen LogP contribution is -2.19. The Labute approximate surface area is 115 Å². The van der Waals surface area contributed by atoms with Crippen molar-refractivity contribution in [3.63, 3.8) is 0 Å². The second kappa shape index (κ2) is 4.35. The summed E-state index contributed by atoms with van der Waals surface area (Å²) < 4.78 is 5.08. The maximum atomic E-state index is 11.7. The summed E-state index contributed by atoms with van der Waals surface area (Å²) in [4.78, 5) is 11.6. The molecule has 1 heterocycles. The van der Waals surface area contributed by atoms with E-state index >= 15 is 0 Å². The van der Waals surface area contributed by atoms with Crippen molar-refractivity contribution in [1.29, 1.82) is 0 Å². The van der Waals surface area contributed by atoms with Gasteiger partial charge in [-0.05, 0) is 29.2 Å². The molecule has 0 unspecified atom stereocenters. The summed E-state index contributed by atoms with van der Waals surface area (Å²) in [5.41, 5.74) is 5.93. The molecule has 19 heavy (non-hydrogen) atoms. The average Bonchev–Trinajstić information content (AvgIpc) is 2.27. The Morgan fingerprint density at radius 2 is 1.95 bits per heavy atom. The Hall–Kier alpha value is -1.88. The van der Waals surface area contributed by atoms with Crippen molar-refractivity contribution in [3.8, 4) is 5.75 Å². The molecule has 0 aliphatic carbocycles. The molecule has 3 N–H and O–H groups in total. The first-order chi connectivity index (χ1) is 8.70. The lowest BCUT2D eigenvalue weighted by Gasteiger charge is -2.19. The predicted octanol–water partition coefficient (Wildman–Crippen LogP) is 2.43.